The minimum absolute atomic E-state index is 0.0218. The largest absolute Gasteiger partial charge is 0.464 e. The minimum Gasteiger partial charge on any atom is -0.464 e. The van der Waals surface area contributed by atoms with Gasteiger partial charge in [0.1, 0.15) is 30.6 Å². The maximum atomic E-state index is 14.4. The van der Waals surface area contributed by atoms with Crippen molar-refractivity contribution in [2.75, 3.05) is 41.1 Å². The third kappa shape index (κ3) is 12.8. The first-order valence-electron chi connectivity index (χ1n) is 22.8. The molecule has 14 atom stereocenters. The SMILES string of the molecule is CCOC(=O)CO[C@@H]1CCC(/C=C(\C)[C@H]2OC(=O)[C@@H]3CCCCN3C(=O)C(=O)[C@]3(O)O[C@H]([C@@H](OC)C[C@@H](C)C/C(C)=C/[C@@H](CC)C(=O)C[C@H](O)[C@H]2C)[C@@H](OC)C[C@H]3C)C[C@H]1OC. The zero-order valence-electron chi connectivity index (χ0n) is 38.8. The van der Waals surface area contributed by atoms with Crippen LogP contribution in [0.2, 0.25) is 0 Å². The molecular formula is C47H75NO14. The summed E-state index contributed by atoms with van der Waals surface area (Å²) in [6.07, 6.45) is 3.81. The highest BCUT2D eigenvalue weighted by atomic mass is 16.7. The molecule has 0 spiro atoms. The van der Waals surface area contributed by atoms with Crippen molar-refractivity contribution < 1.29 is 67.3 Å². The fourth-order valence-corrected chi connectivity index (χ4v) is 9.94. The van der Waals surface area contributed by atoms with Gasteiger partial charge in [0.15, 0.2) is 0 Å². The molecule has 0 radical (unpaired) electrons. The number of carbonyl (C=O) groups excluding carboxylic acids is 5. The zero-order chi connectivity index (χ0) is 45.9. The maximum Gasteiger partial charge on any atom is 0.332 e. The highest BCUT2D eigenvalue weighted by molar-refractivity contribution is 6.39. The molecule has 3 fully saturated rings. The Morgan fingerprint density at radius 1 is 0.919 bits per heavy atom. The van der Waals surface area contributed by atoms with E-state index >= 15 is 0 Å². The van der Waals surface area contributed by atoms with E-state index in [9.17, 15) is 34.2 Å². The second-order valence-corrected chi connectivity index (χ2v) is 18.2. The van der Waals surface area contributed by atoms with Crippen LogP contribution in [-0.2, 0) is 57.1 Å². The predicted octanol–water partition coefficient (Wildman–Crippen LogP) is 5.06. The van der Waals surface area contributed by atoms with Crippen LogP contribution in [0.3, 0.4) is 0 Å². The Hall–Kier alpha value is -3.05. The zero-order valence-corrected chi connectivity index (χ0v) is 38.8. The van der Waals surface area contributed by atoms with Gasteiger partial charge in [-0.3, -0.25) is 14.4 Å². The molecule has 4 rings (SSSR count). The molecule has 3 aliphatic heterocycles. The summed E-state index contributed by atoms with van der Waals surface area (Å²) in [5.41, 5.74) is 1.63. The highest BCUT2D eigenvalue weighted by Crippen LogP contribution is 2.39. The number of allylic oxidation sites excluding steroid dienone is 3. The van der Waals surface area contributed by atoms with E-state index in [4.69, 9.17) is 33.2 Å². The molecule has 1 saturated carbocycles. The second kappa shape index (κ2) is 23.8. The summed E-state index contributed by atoms with van der Waals surface area (Å²) in [7, 11) is 4.65. The van der Waals surface area contributed by atoms with E-state index in [0.717, 1.165) is 5.57 Å². The van der Waals surface area contributed by atoms with Gasteiger partial charge in [-0.1, -0.05) is 45.4 Å². The van der Waals surface area contributed by atoms with E-state index in [1.165, 1.54) is 19.1 Å². The van der Waals surface area contributed by atoms with Crippen LogP contribution in [-0.4, -0.2) is 140 Å². The van der Waals surface area contributed by atoms with Crippen LogP contribution in [0, 0.1) is 29.6 Å². The number of methoxy groups -OCH3 is 3. The number of carbonyl (C=O) groups is 5. The summed E-state index contributed by atoms with van der Waals surface area (Å²) in [5, 5.41) is 23.8. The average molecular weight is 878 g/mol. The van der Waals surface area contributed by atoms with E-state index in [1.807, 2.05) is 39.8 Å². The highest BCUT2D eigenvalue weighted by Gasteiger charge is 2.56. The lowest BCUT2D eigenvalue weighted by molar-refractivity contribution is -0.302. The number of Topliss-reactive ketones (excluding diaryl/α,β-unsaturated/α-hetero) is 2. The number of hydrogen-bond acceptors (Lipinski definition) is 14. The van der Waals surface area contributed by atoms with Crippen LogP contribution in [0.15, 0.2) is 23.3 Å². The summed E-state index contributed by atoms with van der Waals surface area (Å²) in [4.78, 5) is 70.1. The van der Waals surface area contributed by atoms with Crippen molar-refractivity contribution in [3.05, 3.63) is 23.3 Å². The van der Waals surface area contributed by atoms with Gasteiger partial charge in [-0.2, -0.15) is 0 Å². The Balaban J connectivity index is 1.72. The van der Waals surface area contributed by atoms with Gasteiger partial charge in [-0.05, 0) is 102 Å². The first kappa shape index (κ1) is 51.6. The number of ketones is 2. The van der Waals surface area contributed by atoms with Crippen molar-refractivity contribution in [1.82, 2.24) is 4.90 Å². The Morgan fingerprint density at radius 2 is 1.60 bits per heavy atom. The Morgan fingerprint density at radius 3 is 2.24 bits per heavy atom. The third-order valence-electron chi connectivity index (χ3n) is 13.6. The fraction of sp³-hybridized carbons (Fsp3) is 0.809. The Bertz CT molecular complexity index is 1600. The number of cyclic esters (lactones) is 1. The normalized spacial score (nSPS) is 38.6. The molecule has 15 heteroatoms. The molecule has 1 unspecified atom stereocenters. The Labute approximate surface area is 368 Å². The van der Waals surface area contributed by atoms with Crippen LogP contribution in [0.1, 0.15) is 119 Å². The van der Waals surface area contributed by atoms with E-state index in [-0.39, 0.29) is 68.8 Å². The van der Waals surface area contributed by atoms with Gasteiger partial charge in [-0.15, -0.1) is 0 Å². The number of amides is 1. The molecule has 2 bridgehead atoms. The number of rotatable bonds is 10. The van der Waals surface area contributed by atoms with Crippen molar-refractivity contribution in [2.45, 2.75) is 174 Å². The van der Waals surface area contributed by atoms with Crippen molar-refractivity contribution in [1.29, 1.82) is 0 Å². The van der Waals surface area contributed by atoms with Crippen molar-refractivity contribution >= 4 is 29.4 Å². The van der Waals surface area contributed by atoms with Gasteiger partial charge in [0.05, 0.1) is 37.1 Å². The fourth-order valence-electron chi connectivity index (χ4n) is 9.94. The van der Waals surface area contributed by atoms with Crippen LogP contribution in [0.5, 0.6) is 0 Å². The van der Waals surface area contributed by atoms with Gasteiger partial charge in [0, 0.05) is 52.0 Å². The molecule has 0 aromatic heterocycles. The molecule has 1 amide bonds. The van der Waals surface area contributed by atoms with Gasteiger partial charge in [-0.25, -0.2) is 9.59 Å². The lowest BCUT2D eigenvalue weighted by Gasteiger charge is -2.47. The van der Waals surface area contributed by atoms with Crippen LogP contribution < -0.4 is 0 Å². The van der Waals surface area contributed by atoms with Gasteiger partial charge in [0.2, 0.25) is 5.79 Å². The van der Waals surface area contributed by atoms with E-state index in [2.05, 4.69) is 0 Å². The molecule has 2 saturated heterocycles. The molecule has 1 aliphatic carbocycles. The van der Waals surface area contributed by atoms with Gasteiger partial charge < -0.3 is 48.3 Å². The number of aliphatic hydroxyl groups is 2. The van der Waals surface area contributed by atoms with E-state index in [1.54, 1.807) is 27.9 Å². The van der Waals surface area contributed by atoms with Crippen LogP contribution in [0.25, 0.3) is 0 Å². The molecule has 4 aliphatic rings. The average Bonchev–Trinajstić information content (AvgIpc) is 3.25. The number of hydrogen-bond donors (Lipinski definition) is 2. The lowest BCUT2D eigenvalue weighted by Crippen LogP contribution is -2.64. The maximum absolute atomic E-state index is 14.4. The van der Waals surface area contributed by atoms with Crippen LogP contribution in [0.4, 0.5) is 0 Å². The topological polar surface area (TPSA) is 194 Å². The number of piperidine rings is 1. The predicted molar refractivity (Wildman–Crippen MR) is 228 cm³/mol. The van der Waals surface area contributed by atoms with Crippen molar-refractivity contribution in [2.24, 2.45) is 29.6 Å². The summed E-state index contributed by atoms with van der Waals surface area (Å²) < 4.78 is 41.0. The van der Waals surface area contributed by atoms with E-state index < -0.39 is 83.7 Å². The summed E-state index contributed by atoms with van der Waals surface area (Å²) in [6, 6.07) is -1.16. The molecule has 2 N–H and O–H groups in total. The van der Waals surface area contributed by atoms with Gasteiger partial charge >= 0.3 is 11.9 Å². The Kier molecular flexibility index (Phi) is 19.8. The quantitative estimate of drug-likeness (QED) is 0.168. The van der Waals surface area contributed by atoms with Crippen LogP contribution >= 0.6 is 0 Å². The molecular weight excluding hydrogens is 803 g/mol. The molecule has 3 heterocycles. The summed E-state index contributed by atoms with van der Waals surface area (Å²) in [5.74, 6) is -8.14. The minimum atomic E-state index is -2.52. The lowest BCUT2D eigenvalue weighted by atomic mass is 9.81. The number of nitrogens with zero attached hydrogens (tertiary/aromatic N) is 1. The third-order valence-corrected chi connectivity index (χ3v) is 13.6. The molecule has 62 heavy (non-hydrogen) atoms. The monoisotopic (exact) mass is 878 g/mol. The molecule has 0 aromatic rings. The number of esters is 2. The first-order valence-corrected chi connectivity index (χ1v) is 22.8. The van der Waals surface area contributed by atoms with Gasteiger partial charge in [0.25, 0.3) is 11.7 Å². The molecule has 0 aromatic carbocycles. The van der Waals surface area contributed by atoms with Crippen molar-refractivity contribution in [3.63, 3.8) is 0 Å². The standard InChI is InChI=1S/C47H75NO14/c1-11-33-20-27(3)19-28(4)21-39(57-9)43-40(58-10)23-30(6)47(55,62-43)44(52)45(53)48-18-14-13-15-34(48)46(54)61-42(31(7)35(49)25-36(33)50)29(5)22-32-16-17-37(38(24-32)56-8)60-26-41(51)59-12-2/h20,22,28,30-35,37-40,42-43,49,55H,11-19,21,23-26H2,1-10H3/b27-20+,29-22+/t28-,30+,31+,32?,33+,34-,35-,37+,38+,39-,40-,42+,43+,47+/m0/s1. The number of ether oxygens (including phenoxy) is 7. The molecule has 15 nitrogen and oxygen atoms in total. The second-order valence-electron chi connectivity index (χ2n) is 18.2. The van der Waals surface area contributed by atoms with Crippen molar-refractivity contribution in [3.8, 4) is 0 Å². The molecule has 352 valence electrons. The summed E-state index contributed by atoms with van der Waals surface area (Å²) >= 11 is 0. The number of aliphatic hydroxyl groups excluding tert-OH is 1. The first-order chi connectivity index (χ1) is 29.4. The number of fused-ring (bicyclic) bond motifs is 3. The smallest absolute Gasteiger partial charge is 0.332 e. The van der Waals surface area contributed by atoms with E-state index in [0.29, 0.717) is 56.9 Å². The summed E-state index contributed by atoms with van der Waals surface area (Å²) in [6.45, 7) is 13.0.